The van der Waals surface area contributed by atoms with Gasteiger partial charge in [-0.25, -0.2) is 0 Å². The number of nitrogens with zero attached hydrogens (tertiary/aromatic N) is 1. The van der Waals surface area contributed by atoms with E-state index < -0.39 is 0 Å². The van der Waals surface area contributed by atoms with Gasteiger partial charge in [0.25, 0.3) is 0 Å². The normalized spacial score (nSPS) is 24.4. The Morgan fingerprint density at radius 2 is 2.00 bits per heavy atom. The predicted octanol–water partition coefficient (Wildman–Crippen LogP) is 2.23. The highest BCUT2D eigenvalue weighted by molar-refractivity contribution is 5.81. The van der Waals surface area contributed by atoms with E-state index in [4.69, 9.17) is 0 Å². The first-order chi connectivity index (χ1) is 8.74. The lowest BCUT2D eigenvalue weighted by Gasteiger charge is -2.33. The molecule has 18 heavy (non-hydrogen) atoms. The van der Waals surface area contributed by atoms with E-state index in [1.807, 2.05) is 4.90 Å². The van der Waals surface area contributed by atoms with Gasteiger partial charge in [0.05, 0.1) is 6.54 Å². The topological polar surface area (TPSA) is 32.3 Å². The molecule has 1 unspecified atom stereocenters. The van der Waals surface area contributed by atoms with Gasteiger partial charge in [0.1, 0.15) is 6.17 Å². The SMILES string of the molecule is Cc1ccc(C2NCC(=O)N2CC2CCC2)cc1. The van der Waals surface area contributed by atoms with Crippen molar-refractivity contribution in [2.75, 3.05) is 13.1 Å². The highest BCUT2D eigenvalue weighted by atomic mass is 16.2. The maximum absolute atomic E-state index is 12.0. The predicted molar refractivity (Wildman–Crippen MR) is 71.0 cm³/mol. The number of hydrogen-bond acceptors (Lipinski definition) is 2. The minimum atomic E-state index is 0.0821. The molecule has 1 aromatic carbocycles. The average Bonchev–Trinajstić information content (AvgIpc) is 2.67. The number of hydrogen-bond donors (Lipinski definition) is 1. The third-order valence-electron chi connectivity index (χ3n) is 4.15. The van der Waals surface area contributed by atoms with Crippen molar-refractivity contribution >= 4 is 5.91 Å². The molecule has 2 aliphatic rings. The molecule has 3 rings (SSSR count). The molecule has 1 saturated carbocycles. The molecule has 0 aromatic heterocycles. The van der Waals surface area contributed by atoms with Crippen LogP contribution in [0.2, 0.25) is 0 Å². The summed E-state index contributed by atoms with van der Waals surface area (Å²) in [4.78, 5) is 14.0. The zero-order chi connectivity index (χ0) is 12.5. The van der Waals surface area contributed by atoms with Crippen LogP contribution >= 0.6 is 0 Å². The molecule has 1 atom stereocenters. The molecule has 3 heteroatoms. The van der Waals surface area contributed by atoms with Crippen molar-refractivity contribution in [2.24, 2.45) is 5.92 Å². The van der Waals surface area contributed by atoms with Crippen LogP contribution in [0.1, 0.15) is 36.6 Å². The molecule has 96 valence electrons. The van der Waals surface area contributed by atoms with Gasteiger partial charge in [-0.15, -0.1) is 0 Å². The Balaban J connectivity index is 1.76. The summed E-state index contributed by atoms with van der Waals surface area (Å²) in [5.41, 5.74) is 2.46. The average molecular weight is 244 g/mol. The van der Waals surface area contributed by atoms with Gasteiger partial charge in [-0.3, -0.25) is 10.1 Å². The van der Waals surface area contributed by atoms with Crippen LogP contribution in [0.5, 0.6) is 0 Å². The van der Waals surface area contributed by atoms with Crippen LogP contribution in [-0.2, 0) is 4.79 Å². The Bertz CT molecular complexity index is 436. The summed E-state index contributed by atoms with van der Waals surface area (Å²) >= 11 is 0. The smallest absolute Gasteiger partial charge is 0.238 e. The van der Waals surface area contributed by atoms with Crippen LogP contribution < -0.4 is 5.32 Å². The van der Waals surface area contributed by atoms with E-state index in [1.165, 1.54) is 30.4 Å². The molecule has 3 nitrogen and oxygen atoms in total. The lowest BCUT2D eigenvalue weighted by Crippen LogP contribution is -2.36. The molecule has 1 amide bonds. The molecule has 1 aliphatic carbocycles. The summed E-state index contributed by atoms with van der Waals surface area (Å²) in [5.74, 6) is 0.967. The summed E-state index contributed by atoms with van der Waals surface area (Å²) in [5, 5.41) is 3.32. The van der Waals surface area contributed by atoms with Crippen molar-refractivity contribution in [1.29, 1.82) is 0 Å². The van der Waals surface area contributed by atoms with Crippen LogP contribution in [0.25, 0.3) is 0 Å². The number of nitrogens with one attached hydrogen (secondary N) is 1. The largest absolute Gasteiger partial charge is 0.322 e. The van der Waals surface area contributed by atoms with Crippen molar-refractivity contribution in [2.45, 2.75) is 32.4 Å². The second-order valence-electron chi connectivity index (χ2n) is 5.54. The van der Waals surface area contributed by atoms with Crippen LogP contribution in [0.15, 0.2) is 24.3 Å². The fourth-order valence-electron chi connectivity index (χ4n) is 2.75. The lowest BCUT2D eigenvalue weighted by atomic mass is 9.85. The standard InChI is InChI=1S/C15H20N2O/c1-11-5-7-13(8-6-11)15-16-9-14(18)17(15)10-12-3-2-4-12/h5-8,12,15-16H,2-4,9-10H2,1H3. The second kappa shape index (κ2) is 4.73. The fourth-order valence-corrected chi connectivity index (χ4v) is 2.75. The van der Waals surface area contributed by atoms with Crippen molar-refractivity contribution in [1.82, 2.24) is 10.2 Å². The number of rotatable bonds is 3. The van der Waals surface area contributed by atoms with Gasteiger partial charge in [-0.2, -0.15) is 0 Å². The van der Waals surface area contributed by atoms with Gasteiger partial charge in [-0.1, -0.05) is 36.2 Å². The monoisotopic (exact) mass is 244 g/mol. The van der Waals surface area contributed by atoms with Crippen LogP contribution in [0.4, 0.5) is 0 Å². The molecule has 1 aliphatic heterocycles. The van der Waals surface area contributed by atoms with Crippen molar-refractivity contribution in [3.63, 3.8) is 0 Å². The molecule has 1 N–H and O–H groups in total. The molecule has 0 spiro atoms. The molecule has 2 fully saturated rings. The quantitative estimate of drug-likeness (QED) is 0.884. The molecular formula is C15H20N2O. The number of aryl methyl sites for hydroxylation is 1. The highest BCUT2D eigenvalue weighted by Crippen LogP contribution is 2.31. The van der Waals surface area contributed by atoms with Gasteiger partial charge in [0.15, 0.2) is 0 Å². The molecular weight excluding hydrogens is 224 g/mol. The molecule has 1 aromatic rings. The second-order valence-corrected chi connectivity index (χ2v) is 5.54. The molecule has 1 saturated heterocycles. The maximum Gasteiger partial charge on any atom is 0.238 e. The summed E-state index contributed by atoms with van der Waals surface area (Å²) in [6.45, 7) is 3.48. The van der Waals surface area contributed by atoms with E-state index in [1.54, 1.807) is 0 Å². The molecule has 1 heterocycles. The Morgan fingerprint density at radius 1 is 1.28 bits per heavy atom. The van der Waals surface area contributed by atoms with Crippen LogP contribution in [0, 0.1) is 12.8 Å². The van der Waals surface area contributed by atoms with Crippen LogP contribution in [0.3, 0.4) is 0 Å². The van der Waals surface area contributed by atoms with E-state index in [-0.39, 0.29) is 12.1 Å². The van der Waals surface area contributed by atoms with Gasteiger partial charge in [0.2, 0.25) is 5.91 Å². The number of carbonyl (C=O) groups excluding carboxylic acids is 1. The summed E-state index contributed by atoms with van der Waals surface area (Å²) < 4.78 is 0. The first kappa shape index (κ1) is 11.7. The summed E-state index contributed by atoms with van der Waals surface area (Å²) in [7, 11) is 0. The lowest BCUT2D eigenvalue weighted by molar-refractivity contribution is -0.129. The van der Waals surface area contributed by atoms with E-state index in [9.17, 15) is 4.79 Å². The zero-order valence-electron chi connectivity index (χ0n) is 10.9. The number of carbonyl (C=O) groups is 1. The summed E-state index contributed by atoms with van der Waals surface area (Å²) in [6, 6.07) is 8.47. The maximum atomic E-state index is 12.0. The Kier molecular flexibility index (Phi) is 3.08. The Morgan fingerprint density at radius 3 is 2.61 bits per heavy atom. The first-order valence-corrected chi connectivity index (χ1v) is 6.83. The third-order valence-corrected chi connectivity index (χ3v) is 4.15. The van der Waals surface area contributed by atoms with E-state index >= 15 is 0 Å². The van der Waals surface area contributed by atoms with Gasteiger partial charge in [0, 0.05) is 6.54 Å². The fraction of sp³-hybridized carbons (Fsp3) is 0.533. The third kappa shape index (κ3) is 2.15. The van der Waals surface area contributed by atoms with E-state index in [2.05, 4.69) is 36.5 Å². The van der Waals surface area contributed by atoms with E-state index in [0.29, 0.717) is 6.54 Å². The molecule has 0 radical (unpaired) electrons. The molecule has 0 bridgehead atoms. The highest BCUT2D eigenvalue weighted by Gasteiger charge is 2.34. The Hall–Kier alpha value is -1.35. The van der Waals surface area contributed by atoms with E-state index in [0.717, 1.165) is 12.5 Å². The van der Waals surface area contributed by atoms with Gasteiger partial charge in [-0.05, 0) is 31.2 Å². The summed E-state index contributed by atoms with van der Waals surface area (Å²) in [6.07, 6.45) is 3.98. The minimum Gasteiger partial charge on any atom is -0.322 e. The van der Waals surface area contributed by atoms with Crippen molar-refractivity contribution in [3.05, 3.63) is 35.4 Å². The number of benzene rings is 1. The first-order valence-electron chi connectivity index (χ1n) is 6.83. The van der Waals surface area contributed by atoms with Crippen molar-refractivity contribution in [3.8, 4) is 0 Å². The van der Waals surface area contributed by atoms with Gasteiger partial charge >= 0.3 is 0 Å². The van der Waals surface area contributed by atoms with Gasteiger partial charge < -0.3 is 4.90 Å². The Labute approximate surface area is 108 Å². The minimum absolute atomic E-state index is 0.0821. The van der Waals surface area contributed by atoms with Crippen LogP contribution in [-0.4, -0.2) is 23.9 Å². The number of amides is 1. The zero-order valence-corrected chi connectivity index (χ0v) is 10.9. The van der Waals surface area contributed by atoms with Crippen molar-refractivity contribution < 1.29 is 4.79 Å².